The smallest absolute Gasteiger partial charge is 0.124 e. The standard InChI is InChI=1S/C26H37N3O/c1-19(2)20-7-9-21(10-8-20)26(30,25(5)17-28(6)18-25)22-13-23(15-27-14-22)29-12-11-24(3,4)16-29/h7-10,13-15,19,30H,11-12,16-18H2,1-6H3/t26-/m0/s1. The van der Waals surface area contributed by atoms with E-state index in [0.717, 1.165) is 43.0 Å². The number of anilines is 1. The van der Waals surface area contributed by atoms with E-state index in [1.165, 1.54) is 12.0 Å². The minimum Gasteiger partial charge on any atom is -0.380 e. The predicted octanol–water partition coefficient (Wildman–Crippen LogP) is 4.63. The Hall–Kier alpha value is -1.91. The second-order valence-electron chi connectivity index (χ2n) is 11.0. The molecule has 0 amide bonds. The fourth-order valence-electron chi connectivity index (χ4n) is 5.48. The van der Waals surface area contributed by atoms with Gasteiger partial charge in [0.05, 0.1) is 11.9 Å². The van der Waals surface area contributed by atoms with Gasteiger partial charge in [0.2, 0.25) is 0 Å². The summed E-state index contributed by atoms with van der Waals surface area (Å²) in [5, 5.41) is 12.4. The number of hydrogen-bond donors (Lipinski definition) is 1. The van der Waals surface area contributed by atoms with Gasteiger partial charge >= 0.3 is 0 Å². The molecule has 1 aromatic carbocycles. The molecule has 4 nitrogen and oxygen atoms in total. The maximum Gasteiger partial charge on any atom is 0.124 e. The highest BCUT2D eigenvalue weighted by atomic mass is 16.3. The molecule has 0 saturated carbocycles. The van der Waals surface area contributed by atoms with Crippen LogP contribution in [0.3, 0.4) is 0 Å². The summed E-state index contributed by atoms with van der Waals surface area (Å²) in [6.45, 7) is 15.0. The zero-order valence-electron chi connectivity index (χ0n) is 19.4. The Kier molecular flexibility index (Phi) is 5.22. The zero-order chi connectivity index (χ0) is 21.7. The predicted molar refractivity (Wildman–Crippen MR) is 124 cm³/mol. The maximum atomic E-state index is 12.4. The van der Waals surface area contributed by atoms with Gasteiger partial charge in [0, 0.05) is 43.4 Å². The lowest BCUT2D eigenvalue weighted by Gasteiger charge is -2.56. The number of aliphatic hydroxyl groups is 1. The first-order chi connectivity index (χ1) is 14.0. The summed E-state index contributed by atoms with van der Waals surface area (Å²) < 4.78 is 0. The van der Waals surface area contributed by atoms with E-state index in [4.69, 9.17) is 0 Å². The summed E-state index contributed by atoms with van der Waals surface area (Å²) in [6, 6.07) is 10.7. The highest BCUT2D eigenvalue weighted by molar-refractivity contribution is 5.51. The molecule has 3 heterocycles. The van der Waals surface area contributed by atoms with Crippen LogP contribution in [0.1, 0.15) is 63.6 Å². The highest BCUT2D eigenvalue weighted by Gasteiger charge is 2.55. The summed E-state index contributed by atoms with van der Waals surface area (Å²) in [7, 11) is 2.12. The van der Waals surface area contributed by atoms with Crippen molar-refractivity contribution in [3.63, 3.8) is 0 Å². The number of nitrogens with zero attached hydrogens (tertiary/aromatic N) is 3. The summed E-state index contributed by atoms with van der Waals surface area (Å²) in [5.74, 6) is 0.473. The van der Waals surface area contributed by atoms with Crippen molar-refractivity contribution >= 4 is 5.69 Å². The van der Waals surface area contributed by atoms with Crippen LogP contribution in [-0.4, -0.2) is 48.2 Å². The quantitative estimate of drug-likeness (QED) is 0.784. The van der Waals surface area contributed by atoms with E-state index >= 15 is 0 Å². The number of aromatic nitrogens is 1. The van der Waals surface area contributed by atoms with E-state index in [-0.39, 0.29) is 5.41 Å². The van der Waals surface area contributed by atoms with Gasteiger partial charge in [-0.3, -0.25) is 4.98 Å². The van der Waals surface area contributed by atoms with Gasteiger partial charge in [0.15, 0.2) is 0 Å². The van der Waals surface area contributed by atoms with Gasteiger partial charge in [-0.1, -0.05) is 58.9 Å². The first-order valence-electron chi connectivity index (χ1n) is 11.3. The summed E-state index contributed by atoms with van der Waals surface area (Å²) in [6.07, 6.45) is 4.99. The molecule has 2 saturated heterocycles. The van der Waals surface area contributed by atoms with Crippen LogP contribution in [0.5, 0.6) is 0 Å². The lowest BCUT2D eigenvalue weighted by Crippen LogP contribution is -2.63. The van der Waals surface area contributed by atoms with E-state index < -0.39 is 5.60 Å². The van der Waals surface area contributed by atoms with Gasteiger partial charge in [0.1, 0.15) is 5.60 Å². The average Bonchev–Trinajstić information content (AvgIpc) is 3.06. The lowest BCUT2D eigenvalue weighted by molar-refractivity contribution is -0.127. The number of rotatable bonds is 5. The highest BCUT2D eigenvalue weighted by Crippen LogP contribution is 2.50. The lowest BCUT2D eigenvalue weighted by atomic mass is 9.62. The van der Waals surface area contributed by atoms with E-state index in [2.05, 4.69) is 86.8 Å². The van der Waals surface area contributed by atoms with Gasteiger partial charge in [-0.05, 0) is 42.0 Å². The Balaban J connectivity index is 1.77. The van der Waals surface area contributed by atoms with Crippen molar-refractivity contribution in [2.45, 2.75) is 52.6 Å². The third kappa shape index (κ3) is 3.54. The molecule has 4 rings (SSSR count). The van der Waals surface area contributed by atoms with Crippen LogP contribution in [-0.2, 0) is 5.60 Å². The van der Waals surface area contributed by atoms with Gasteiger partial charge < -0.3 is 14.9 Å². The first-order valence-corrected chi connectivity index (χ1v) is 11.3. The Morgan fingerprint density at radius 3 is 2.20 bits per heavy atom. The van der Waals surface area contributed by atoms with Crippen LogP contribution >= 0.6 is 0 Å². The number of hydrogen-bond acceptors (Lipinski definition) is 4. The molecular weight excluding hydrogens is 370 g/mol. The SMILES string of the molecule is CC(C)c1ccc([C@](O)(c2cncc(N3CCC(C)(C)C3)c2)C2(C)CN(C)C2)cc1. The fourth-order valence-corrected chi connectivity index (χ4v) is 5.48. The molecule has 1 atom stereocenters. The first kappa shape index (κ1) is 21.3. The minimum absolute atomic E-state index is 0.258. The van der Waals surface area contributed by atoms with Crippen LogP contribution in [0.25, 0.3) is 0 Å². The van der Waals surface area contributed by atoms with Crippen molar-refractivity contribution < 1.29 is 5.11 Å². The molecule has 0 unspecified atom stereocenters. The third-order valence-corrected chi connectivity index (χ3v) is 7.29. The van der Waals surface area contributed by atoms with E-state index in [9.17, 15) is 5.11 Å². The number of benzene rings is 1. The molecule has 1 aromatic heterocycles. The molecule has 0 spiro atoms. The number of likely N-dealkylation sites (tertiary alicyclic amines) is 1. The molecule has 2 aliphatic rings. The molecule has 0 radical (unpaired) electrons. The Morgan fingerprint density at radius 1 is 1.00 bits per heavy atom. The Labute approximate surface area is 181 Å². The van der Waals surface area contributed by atoms with Crippen LogP contribution in [0, 0.1) is 10.8 Å². The van der Waals surface area contributed by atoms with Gasteiger partial charge in [-0.25, -0.2) is 0 Å². The Bertz CT molecular complexity index is 899. The van der Waals surface area contributed by atoms with Crippen molar-refractivity contribution in [3.05, 3.63) is 59.4 Å². The monoisotopic (exact) mass is 407 g/mol. The maximum absolute atomic E-state index is 12.4. The van der Waals surface area contributed by atoms with Crippen molar-refractivity contribution in [2.75, 3.05) is 38.1 Å². The minimum atomic E-state index is -1.08. The molecule has 0 aliphatic carbocycles. The molecule has 0 bridgehead atoms. The summed E-state index contributed by atoms with van der Waals surface area (Å²) >= 11 is 0. The van der Waals surface area contributed by atoms with Crippen molar-refractivity contribution in [1.82, 2.24) is 9.88 Å². The fraction of sp³-hybridized carbons (Fsp3) is 0.577. The van der Waals surface area contributed by atoms with Crippen molar-refractivity contribution in [2.24, 2.45) is 10.8 Å². The topological polar surface area (TPSA) is 39.6 Å². The van der Waals surface area contributed by atoms with Crippen LogP contribution in [0.4, 0.5) is 5.69 Å². The van der Waals surface area contributed by atoms with E-state index in [1.54, 1.807) is 0 Å². The Morgan fingerprint density at radius 2 is 1.67 bits per heavy atom. The van der Waals surface area contributed by atoms with Crippen LogP contribution < -0.4 is 4.90 Å². The average molecular weight is 408 g/mol. The van der Waals surface area contributed by atoms with Gasteiger partial charge in [-0.15, -0.1) is 0 Å². The summed E-state index contributed by atoms with van der Waals surface area (Å²) in [5.41, 5.74) is 3.26. The van der Waals surface area contributed by atoms with E-state index in [0.29, 0.717) is 11.3 Å². The molecule has 162 valence electrons. The summed E-state index contributed by atoms with van der Waals surface area (Å²) in [4.78, 5) is 9.27. The van der Waals surface area contributed by atoms with Gasteiger partial charge in [0.25, 0.3) is 0 Å². The van der Waals surface area contributed by atoms with E-state index in [1.807, 2.05) is 12.4 Å². The van der Waals surface area contributed by atoms with Gasteiger partial charge in [-0.2, -0.15) is 0 Å². The second kappa shape index (κ2) is 7.35. The van der Waals surface area contributed by atoms with Crippen molar-refractivity contribution in [3.8, 4) is 0 Å². The number of pyridine rings is 1. The molecule has 4 heteroatoms. The second-order valence-corrected chi connectivity index (χ2v) is 11.0. The molecule has 2 aromatic rings. The van der Waals surface area contributed by atoms with Crippen LogP contribution in [0.15, 0.2) is 42.7 Å². The largest absolute Gasteiger partial charge is 0.380 e. The zero-order valence-corrected chi connectivity index (χ0v) is 19.4. The molecular formula is C26H37N3O. The van der Waals surface area contributed by atoms with Crippen molar-refractivity contribution in [1.29, 1.82) is 0 Å². The third-order valence-electron chi connectivity index (χ3n) is 7.29. The molecule has 2 fully saturated rings. The molecule has 30 heavy (non-hydrogen) atoms. The molecule has 2 aliphatic heterocycles. The normalized spacial score (nSPS) is 22.7. The molecule has 1 N–H and O–H groups in total. The van der Waals surface area contributed by atoms with Crippen LogP contribution in [0.2, 0.25) is 0 Å².